The van der Waals surface area contributed by atoms with Gasteiger partial charge >= 0.3 is 0 Å². The van der Waals surface area contributed by atoms with Crippen molar-refractivity contribution in [2.45, 2.75) is 5.75 Å². The maximum absolute atomic E-state index is 5.62. The lowest BCUT2D eigenvalue weighted by Gasteiger charge is -1.99. The third kappa shape index (κ3) is 3.89. The van der Waals surface area contributed by atoms with Crippen molar-refractivity contribution < 1.29 is 4.42 Å². The fraction of sp³-hybridized carbons (Fsp3) is 0.333. The minimum absolute atomic E-state index is 0.438. The molecule has 1 aromatic heterocycles. The summed E-state index contributed by atoms with van der Waals surface area (Å²) >= 11 is 7.34. The van der Waals surface area contributed by atoms with Gasteiger partial charge in [-0.1, -0.05) is 12.2 Å². The summed E-state index contributed by atoms with van der Waals surface area (Å²) in [6.45, 7) is 4.35. The molecule has 0 radical (unpaired) electrons. The lowest BCUT2D eigenvalue weighted by atomic mass is 10.4. The minimum atomic E-state index is 0.438. The van der Waals surface area contributed by atoms with Gasteiger partial charge in [-0.05, 0) is 23.7 Å². The summed E-state index contributed by atoms with van der Waals surface area (Å²) in [5.41, 5.74) is 6.44. The molecule has 0 bridgehead atoms. The Balaban J connectivity index is 2.24. The fourth-order valence-corrected chi connectivity index (χ4v) is 1.81. The SMILES string of the molecule is C=C(CN)CSCc1ccc(Cl)o1. The lowest BCUT2D eigenvalue weighted by molar-refractivity contribution is 0.532. The number of nitrogens with two attached hydrogens (primary N) is 1. The van der Waals surface area contributed by atoms with E-state index in [1.807, 2.05) is 6.07 Å². The third-order valence-electron chi connectivity index (χ3n) is 1.47. The predicted molar refractivity (Wildman–Crippen MR) is 58.1 cm³/mol. The molecule has 0 aliphatic heterocycles. The van der Waals surface area contributed by atoms with Crippen LogP contribution in [0.2, 0.25) is 5.22 Å². The minimum Gasteiger partial charge on any atom is -0.449 e. The van der Waals surface area contributed by atoms with Crippen LogP contribution in [0, 0.1) is 0 Å². The van der Waals surface area contributed by atoms with Crippen LogP contribution in [0.1, 0.15) is 5.76 Å². The van der Waals surface area contributed by atoms with E-state index >= 15 is 0 Å². The summed E-state index contributed by atoms with van der Waals surface area (Å²) in [5, 5.41) is 0.438. The highest BCUT2D eigenvalue weighted by atomic mass is 35.5. The van der Waals surface area contributed by atoms with E-state index in [0.717, 1.165) is 22.8 Å². The van der Waals surface area contributed by atoms with Gasteiger partial charge in [0.2, 0.25) is 0 Å². The zero-order valence-corrected chi connectivity index (χ0v) is 8.83. The molecule has 1 aromatic rings. The van der Waals surface area contributed by atoms with Gasteiger partial charge in [-0.3, -0.25) is 0 Å². The first-order valence-corrected chi connectivity index (χ1v) is 5.44. The molecule has 1 rings (SSSR count). The van der Waals surface area contributed by atoms with Crippen molar-refractivity contribution >= 4 is 23.4 Å². The van der Waals surface area contributed by atoms with Gasteiger partial charge in [0.1, 0.15) is 5.76 Å². The molecule has 0 amide bonds. The Labute approximate surface area is 87.1 Å². The summed E-state index contributed by atoms with van der Waals surface area (Å²) in [5.74, 6) is 2.57. The van der Waals surface area contributed by atoms with E-state index in [0.29, 0.717) is 11.8 Å². The molecule has 4 heteroatoms. The second-order valence-electron chi connectivity index (χ2n) is 2.65. The fourth-order valence-electron chi connectivity index (χ4n) is 0.784. The Morgan fingerprint density at radius 3 is 2.92 bits per heavy atom. The normalized spacial score (nSPS) is 10.3. The molecule has 1 heterocycles. The molecule has 2 N–H and O–H groups in total. The Kier molecular flexibility index (Phi) is 4.42. The summed E-state index contributed by atoms with van der Waals surface area (Å²) in [7, 11) is 0. The van der Waals surface area contributed by atoms with Gasteiger partial charge in [0, 0.05) is 12.3 Å². The molecular weight excluding hydrogens is 206 g/mol. The van der Waals surface area contributed by atoms with Crippen LogP contribution in [-0.4, -0.2) is 12.3 Å². The highest BCUT2D eigenvalue weighted by Gasteiger charge is 1.99. The first kappa shape index (κ1) is 10.7. The van der Waals surface area contributed by atoms with Crippen LogP contribution in [0.5, 0.6) is 0 Å². The smallest absolute Gasteiger partial charge is 0.193 e. The average molecular weight is 218 g/mol. The highest BCUT2D eigenvalue weighted by molar-refractivity contribution is 7.98. The standard InChI is InChI=1S/C9H12ClNOS/c1-7(4-11)5-13-6-8-2-3-9(10)12-8/h2-3H,1,4-6,11H2. The van der Waals surface area contributed by atoms with Crippen LogP contribution in [0.4, 0.5) is 0 Å². The zero-order chi connectivity index (χ0) is 9.68. The topological polar surface area (TPSA) is 39.2 Å². The molecule has 0 atom stereocenters. The zero-order valence-electron chi connectivity index (χ0n) is 7.25. The maximum atomic E-state index is 5.62. The molecule has 0 aliphatic rings. The average Bonchev–Trinajstić information content (AvgIpc) is 2.51. The van der Waals surface area contributed by atoms with Crippen LogP contribution in [0.3, 0.4) is 0 Å². The second-order valence-corrected chi connectivity index (χ2v) is 4.01. The second kappa shape index (κ2) is 5.37. The van der Waals surface area contributed by atoms with Gasteiger partial charge in [-0.25, -0.2) is 0 Å². The molecule has 2 nitrogen and oxygen atoms in total. The van der Waals surface area contributed by atoms with E-state index < -0.39 is 0 Å². The van der Waals surface area contributed by atoms with Crippen molar-refractivity contribution in [2.75, 3.05) is 12.3 Å². The van der Waals surface area contributed by atoms with Gasteiger partial charge in [-0.15, -0.1) is 11.8 Å². The largest absolute Gasteiger partial charge is 0.449 e. The molecule has 13 heavy (non-hydrogen) atoms. The van der Waals surface area contributed by atoms with Crippen molar-refractivity contribution in [3.05, 3.63) is 35.3 Å². The van der Waals surface area contributed by atoms with E-state index in [2.05, 4.69) is 6.58 Å². The molecule has 0 aromatic carbocycles. The quantitative estimate of drug-likeness (QED) is 0.771. The maximum Gasteiger partial charge on any atom is 0.193 e. The summed E-state index contributed by atoms with van der Waals surface area (Å²) < 4.78 is 5.18. The van der Waals surface area contributed by atoms with E-state index in [1.165, 1.54) is 0 Å². The van der Waals surface area contributed by atoms with Gasteiger partial charge in [0.15, 0.2) is 5.22 Å². The van der Waals surface area contributed by atoms with Crippen LogP contribution in [0.15, 0.2) is 28.7 Å². The number of rotatable bonds is 5. The molecule has 72 valence electrons. The molecule has 0 saturated carbocycles. The summed E-state index contributed by atoms with van der Waals surface area (Å²) in [6, 6.07) is 3.62. The summed E-state index contributed by atoms with van der Waals surface area (Å²) in [6.07, 6.45) is 0. The third-order valence-corrected chi connectivity index (χ3v) is 2.77. The number of thioether (sulfide) groups is 1. The van der Waals surface area contributed by atoms with E-state index in [1.54, 1.807) is 17.8 Å². The summed E-state index contributed by atoms with van der Waals surface area (Å²) in [4.78, 5) is 0. The molecule has 0 unspecified atom stereocenters. The Hall–Kier alpha value is -0.380. The van der Waals surface area contributed by atoms with Gasteiger partial charge in [0.05, 0.1) is 5.75 Å². The molecule has 0 fully saturated rings. The predicted octanol–water partition coefficient (Wildman–Crippen LogP) is 2.68. The van der Waals surface area contributed by atoms with Crippen molar-refractivity contribution in [3.63, 3.8) is 0 Å². The van der Waals surface area contributed by atoms with Crippen molar-refractivity contribution in [3.8, 4) is 0 Å². The number of hydrogen-bond acceptors (Lipinski definition) is 3. The van der Waals surface area contributed by atoms with Crippen LogP contribution >= 0.6 is 23.4 Å². The van der Waals surface area contributed by atoms with Crippen LogP contribution < -0.4 is 5.73 Å². The lowest BCUT2D eigenvalue weighted by Crippen LogP contribution is -2.03. The Morgan fingerprint density at radius 2 is 2.38 bits per heavy atom. The molecule has 0 saturated heterocycles. The van der Waals surface area contributed by atoms with Gasteiger partial charge in [-0.2, -0.15) is 0 Å². The highest BCUT2D eigenvalue weighted by Crippen LogP contribution is 2.19. The molecular formula is C9H12ClNOS. The van der Waals surface area contributed by atoms with E-state index in [4.69, 9.17) is 21.8 Å². The van der Waals surface area contributed by atoms with Crippen LogP contribution in [0.25, 0.3) is 0 Å². The van der Waals surface area contributed by atoms with Gasteiger partial charge < -0.3 is 10.2 Å². The number of halogens is 1. The number of hydrogen-bond donors (Lipinski definition) is 1. The molecule has 0 aliphatic carbocycles. The van der Waals surface area contributed by atoms with Crippen molar-refractivity contribution in [2.24, 2.45) is 5.73 Å². The first-order valence-electron chi connectivity index (χ1n) is 3.91. The van der Waals surface area contributed by atoms with E-state index in [-0.39, 0.29) is 0 Å². The van der Waals surface area contributed by atoms with Gasteiger partial charge in [0.25, 0.3) is 0 Å². The Morgan fingerprint density at radius 1 is 1.62 bits per heavy atom. The Bertz CT molecular complexity index is 285. The number of furan rings is 1. The van der Waals surface area contributed by atoms with Crippen molar-refractivity contribution in [1.29, 1.82) is 0 Å². The van der Waals surface area contributed by atoms with E-state index in [9.17, 15) is 0 Å². The van der Waals surface area contributed by atoms with Crippen LogP contribution in [-0.2, 0) is 5.75 Å². The monoisotopic (exact) mass is 217 g/mol. The van der Waals surface area contributed by atoms with Crippen molar-refractivity contribution in [1.82, 2.24) is 0 Å². The first-order chi connectivity index (χ1) is 6.22. The molecule has 0 spiro atoms.